The lowest BCUT2D eigenvalue weighted by Crippen LogP contribution is -2.12. The fraction of sp³-hybridized carbons (Fsp3) is 0.368. The number of hydrogen-bond acceptors (Lipinski definition) is 4. The number of nitrogens with zero attached hydrogens (tertiary/aromatic N) is 1. The first kappa shape index (κ1) is 15.0. The summed E-state index contributed by atoms with van der Waals surface area (Å²) in [5.41, 5.74) is 2.19. The van der Waals surface area contributed by atoms with Crippen LogP contribution in [0.2, 0.25) is 0 Å². The third kappa shape index (κ3) is 3.07. The number of benzene rings is 1. The molecule has 1 aromatic carbocycles. The highest BCUT2D eigenvalue weighted by molar-refractivity contribution is 5.92. The van der Waals surface area contributed by atoms with Gasteiger partial charge in [-0.1, -0.05) is 6.92 Å². The zero-order valence-electron chi connectivity index (χ0n) is 13.8. The summed E-state index contributed by atoms with van der Waals surface area (Å²) in [6.45, 7) is 4.03. The Morgan fingerprint density at radius 2 is 2.12 bits per heavy atom. The van der Waals surface area contributed by atoms with Gasteiger partial charge in [-0.25, -0.2) is 4.98 Å². The molecule has 4 rings (SSSR count). The van der Waals surface area contributed by atoms with Gasteiger partial charge in [-0.15, -0.1) is 0 Å². The predicted molar refractivity (Wildman–Crippen MR) is 90.9 cm³/mol. The van der Waals surface area contributed by atoms with Crippen molar-refractivity contribution in [2.45, 2.75) is 39.0 Å². The van der Waals surface area contributed by atoms with Crippen LogP contribution in [0.15, 0.2) is 39.2 Å². The van der Waals surface area contributed by atoms with Crippen molar-refractivity contribution in [2.75, 3.05) is 5.32 Å². The Morgan fingerprint density at radius 3 is 2.92 bits per heavy atom. The highest BCUT2D eigenvalue weighted by Gasteiger charge is 2.36. The van der Waals surface area contributed by atoms with Crippen LogP contribution in [-0.2, 0) is 11.2 Å². The Kier molecular flexibility index (Phi) is 3.63. The van der Waals surface area contributed by atoms with Gasteiger partial charge >= 0.3 is 0 Å². The fourth-order valence-electron chi connectivity index (χ4n) is 3.02. The number of fused-ring (bicyclic) bond motifs is 1. The van der Waals surface area contributed by atoms with E-state index in [1.807, 2.05) is 24.3 Å². The largest absolute Gasteiger partial charge is 0.466 e. The second kappa shape index (κ2) is 5.82. The lowest BCUT2D eigenvalue weighted by Gasteiger charge is -2.04. The molecule has 1 aliphatic rings. The number of carbonyl (C=O) groups is 1. The molecule has 124 valence electrons. The van der Waals surface area contributed by atoms with Crippen molar-refractivity contribution < 1.29 is 13.6 Å². The molecule has 5 nitrogen and oxygen atoms in total. The summed E-state index contributed by atoms with van der Waals surface area (Å²) < 4.78 is 11.3. The first-order valence-corrected chi connectivity index (χ1v) is 8.34. The second-order valence-electron chi connectivity index (χ2n) is 6.59. The first-order valence-electron chi connectivity index (χ1n) is 8.34. The van der Waals surface area contributed by atoms with Crippen molar-refractivity contribution in [2.24, 2.45) is 5.92 Å². The van der Waals surface area contributed by atoms with E-state index in [0.717, 1.165) is 28.6 Å². The van der Waals surface area contributed by atoms with Crippen molar-refractivity contribution in [1.29, 1.82) is 0 Å². The number of anilines is 1. The molecule has 1 fully saturated rings. The van der Waals surface area contributed by atoms with E-state index in [4.69, 9.17) is 8.83 Å². The molecule has 0 aliphatic heterocycles. The lowest BCUT2D eigenvalue weighted by molar-refractivity contribution is -0.116. The topological polar surface area (TPSA) is 68.3 Å². The summed E-state index contributed by atoms with van der Waals surface area (Å²) in [6.07, 6.45) is 2.20. The minimum atomic E-state index is -0.0386. The second-order valence-corrected chi connectivity index (χ2v) is 6.59. The monoisotopic (exact) mass is 324 g/mol. The molecular weight excluding hydrogens is 304 g/mol. The number of hydrogen-bond donors (Lipinski definition) is 1. The van der Waals surface area contributed by atoms with Gasteiger partial charge in [0.15, 0.2) is 11.5 Å². The molecule has 2 heterocycles. The zero-order chi connectivity index (χ0) is 16.7. The van der Waals surface area contributed by atoms with E-state index < -0.39 is 0 Å². The van der Waals surface area contributed by atoms with Gasteiger partial charge in [0.1, 0.15) is 17.0 Å². The number of rotatable bonds is 5. The van der Waals surface area contributed by atoms with Crippen LogP contribution in [0.3, 0.4) is 0 Å². The van der Waals surface area contributed by atoms with E-state index >= 15 is 0 Å². The molecule has 5 heteroatoms. The fourth-order valence-corrected chi connectivity index (χ4v) is 3.02. The summed E-state index contributed by atoms with van der Waals surface area (Å²) in [4.78, 5) is 16.4. The molecule has 0 bridgehead atoms. The van der Waals surface area contributed by atoms with Crippen LogP contribution in [0.25, 0.3) is 11.1 Å². The van der Waals surface area contributed by atoms with E-state index in [2.05, 4.69) is 17.2 Å². The number of aryl methyl sites for hydroxylation is 2. The van der Waals surface area contributed by atoms with E-state index in [-0.39, 0.29) is 5.91 Å². The highest BCUT2D eigenvalue weighted by Crippen LogP contribution is 2.47. The van der Waals surface area contributed by atoms with Crippen molar-refractivity contribution in [3.05, 3.63) is 47.7 Å². The molecule has 0 radical (unpaired) electrons. The van der Waals surface area contributed by atoms with Crippen LogP contribution in [-0.4, -0.2) is 10.9 Å². The van der Waals surface area contributed by atoms with Crippen LogP contribution in [0, 0.1) is 12.8 Å². The van der Waals surface area contributed by atoms with Crippen molar-refractivity contribution in [3.8, 4) is 0 Å². The Bertz CT molecular complexity index is 893. The molecule has 3 aromatic rings. The summed E-state index contributed by atoms with van der Waals surface area (Å²) in [5.74, 6) is 3.81. The minimum absolute atomic E-state index is 0.0386. The Morgan fingerprint density at radius 1 is 1.29 bits per heavy atom. The molecule has 1 aliphatic carbocycles. The normalized spacial score (nSPS) is 19.6. The SMILES string of the molecule is Cc1nc2ccc(NC(=O)CCc3ccc([C@H]4C[C@@H]4C)o3)cc2o1. The molecule has 1 saturated carbocycles. The Hall–Kier alpha value is -2.56. The number of carbonyl (C=O) groups excluding carboxylic acids is 1. The minimum Gasteiger partial charge on any atom is -0.466 e. The van der Waals surface area contributed by atoms with Crippen LogP contribution < -0.4 is 5.32 Å². The van der Waals surface area contributed by atoms with Gasteiger partial charge in [0.2, 0.25) is 5.91 Å². The van der Waals surface area contributed by atoms with Gasteiger partial charge in [0.05, 0.1) is 0 Å². The summed E-state index contributed by atoms with van der Waals surface area (Å²) in [5, 5.41) is 2.89. The molecular formula is C19H20N2O3. The Labute approximate surface area is 140 Å². The Balaban J connectivity index is 1.34. The van der Waals surface area contributed by atoms with E-state index in [0.29, 0.717) is 30.2 Å². The quantitative estimate of drug-likeness (QED) is 0.754. The number of aromatic nitrogens is 1. The van der Waals surface area contributed by atoms with Gasteiger partial charge in [-0.2, -0.15) is 0 Å². The number of amides is 1. The van der Waals surface area contributed by atoms with E-state index in [1.54, 1.807) is 13.0 Å². The van der Waals surface area contributed by atoms with Crippen molar-refractivity contribution in [3.63, 3.8) is 0 Å². The molecule has 0 spiro atoms. The molecule has 2 aromatic heterocycles. The van der Waals surface area contributed by atoms with E-state index in [9.17, 15) is 4.79 Å². The highest BCUT2D eigenvalue weighted by atomic mass is 16.3. The summed E-state index contributed by atoms with van der Waals surface area (Å²) >= 11 is 0. The van der Waals surface area contributed by atoms with Crippen molar-refractivity contribution >= 4 is 22.7 Å². The maximum Gasteiger partial charge on any atom is 0.224 e. The van der Waals surface area contributed by atoms with Crippen LogP contribution >= 0.6 is 0 Å². The van der Waals surface area contributed by atoms with E-state index in [1.165, 1.54) is 6.42 Å². The van der Waals surface area contributed by atoms with Crippen LogP contribution in [0.4, 0.5) is 5.69 Å². The zero-order valence-corrected chi connectivity index (χ0v) is 13.8. The smallest absolute Gasteiger partial charge is 0.224 e. The number of oxazole rings is 1. The number of furan rings is 1. The first-order chi connectivity index (χ1) is 11.6. The third-order valence-electron chi connectivity index (χ3n) is 4.53. The lowest BCUT2D eigenvalue weighted by atomic mass is 10.2. The average molecular weight is 324 g/mol. The van der Waals surface area contributed by atoms with Crippen molar-refractivity contribution in [1.82, 2.24) is 4.98 Å². The molecule has 0 saturated heterocycles. The van der Waals surface area contributed by atoms with Gasteiger partial charge in [0, 0.05) is 37.4 Å². The molecule has 24 heavy (non-hydrogen) atoms. The van der Waals surface area contributed by atoms with Gasteiger partial charge in [0.25, 0.3) is 0 Å². The summed E-state index contributed by atoms with van der Waals surface area (Å²) in [7, 11) is 0. The maximum atomic E-state index is 12.1. The molecule has 0 unspecified atom stereocenters. The van der Waals surface area contributed by atoms with Crippen LogP contribution in [0.5, 0.6) is 0 Å². The molecule has 1 amide bonds. The van der Waals surface area contributed by atoms with Gasteiger partial charge in [-0.3, -0.25) is 4.79 Å². The average Bonchev–Trinajstić information content (AvgIpc) is 2.97. The summed E-state index contributed by atoms with van der Waals surface area (Å²) in [6, 6.07) is 9.50. The molecule has 2 atom stereocenters. The standard InChI is InChI=1S/C19H20N2O3/c1-11-9-15(11)17-7-4-14(24-17)5-8-19(22)21-13-3-6-16-18(10-13)23-12(2)20-16/h3-4,6-7,10-11,15H,5,8-9H2,1-2H3,(H,21,22)/t11-,15-/m0/s1. The predicted octanol–water partition coefficient (Wildman–Crippen LogP) is 4.42. The number of nitrogens with one attached hydrogen (secondary N) is 1. The third-order valence-corrected chi connectivity index (χ3v) is 4.53. The van der Waals surface area contributed by atoms with Gasteiger partial charge < -0.3 is 14.2 Å². The van der Waals surface area contributed by atoms with Crippen LogP contribution in [0.1, 0.15) is 43.1 Å². The van der Waals surface area contributed by atoms with Gasteiger partial charge in [-0.05, 0) is 36.6 Å². The molecule has 1 N–H and O–H groups in total. The maximum absolute atomic E-state index is 12.1.